The van der Waals surface area contributed by atoms with Crippen LogP contribution in [0.25, 0.3) is 44.5 Å². The van der Waals surface area contributed by atoms with Crippen LogP contribution in [-0.4, -0.2) is 16.6 Å². The number of hydrogen-bond acceptors (Lipinski definition) is 6. The lowest BCUT2D eigenvalue weighted by Crippen LogP contribution is -2.25. The van der Waals surface area contributed by atoms with Gasteiger partial charge in [-0.15, -0.1) is 0 Å². The number of para-hydroxylation sites is 3. The molecule has 0 spiro atoms. The van der Waals surface area contributed by atoms with Gasteiger partial charge in [0.25, 0.3) is 0 Å². The summed E-state index contributed by atoms with van der Waals surface area (Å²) in [4.78, 5) is 19.0. The third-order valence-electron chi connectivity index (χ3n) is 13.2. The summed E-state index contributed by atoms with van der Waals surface area (Å²) in [6, 6.07) is 66.8. The van der Waals surface area contributed by atoms with E-state index in [-0.39, 0.29) is 10.8 Å². The Morgan fingerprint density at radius 2 is 1.01 bits per heavy atom. The van der Waals surface area contributed by atoms with Gasteiger partial charge in [-0.25, -0.2) is 4.98 Å². The Bertz CT molecular complexity index is 3200. The molecule has 0 atom stereocenters. The van der Waals surface area contributed by atoms with E-state index in [2.05, 4.69) is 237 Å². The van der Waals surface area contributed by atoms with E-state index < -0.39 is 0 Å². The molecule has 328 valence electrons. The molecule has 4 heterocycles. The summed E-state index contributed by atoms with van der Waals surface area (Å²) in [5.41, 5.74) is 19.0. The Morgan fingerprint density at radius 1 is 0.433 bits per heavy atom. The number of nitrogens with zero attached hydrogens (tertiary/aromatic N) is 5. The van der Waals surface area contributed by atoms with E-state index in [0.717, 1.165) is 49.4 Å². The van der Waals surface area contributed by atoms with Gasteiger partial charge in [-0.2, -0.15) is 0 Å². The molecule has 0 N–H and O–H groups in total. The van der Waals surface area contributed by atoms with E-state index in [1.54, 1.807) is 11.8 Å². The van der Waals surface area contributed by atoms with Crippen molar-refractivity contribution in [2.75, 3.05) is 21.4 Å². The highest BCUT2D eigenvalue weighted by molar-refractivity contribution is 7.99. The maximum absolute atomic E-state index is 4.88. The van der Waals surface area contributed by atoms with Crippen molar-refractivity contribution in [2.45, 2.75) is 62.2 Å². The predicted molar refractivity (Wildman–Crippen MR) is 282 cm³/mol. The molecule has 5 nitrogen and oxygen atoms in total. The minimum atomic E-state index is 0.0644. The van der Waals surface area contributed by atoms with E-state index in [0.29, 0.717) is 6.67 Å². The highest BCUT2D eigenvalue weighted by Crippen LogP contribution is 2.53. The molecular weight excluding hydrogens is 835 g/mol. The van der Waals surface area contributed by atoms with Crippen LogP contribution in [0.3, 0.4) is 0 Å². The van der Waals surface area contributed by atoms with Gasteiger partial charge in [-0.1, -0.05) is 175 Å². The van der Waals surface area contributed by atoms with E-state index in [9.17, 15) is 0 Å². The zero-order chi connectivity index (χ0) is 45.9. The van der Waals surface area contributed by atoms with Crippen molar-refractivity contribution < 1.29 is 0 Å². The van der Waals surface area contributed by atoms with Crippen molar-refractivity contribution in [3.05, 3.63) is 212 Å². The van der Waals surface area contributed by atoms with Gasteiger partial charge >= 0.3 is 0 Å². The Morgan fingerprint density at radius 3 is 1.66 bits per heavy atom. The zero-order valence-electron chi connectivity index (χ0n) is 38.9. The van der Waals surface area contributed by atoms with Gasteiger partial charge in [0.1, 0.15) is 12.5 Å². The maximum atomic E-state index is 4.88. The molecule has 7 aromatic carbocycles. The summed E-state index contributed by atoms with van der Waals surface area (Å²) in [5.74, 6) is 0.860. The number of aromatic nitrogens is 2. The SMILES string of the molecule is CC(C)(C)c1ccc(-c2cccc(-c3ccc(C(C)(C)C)cc3)c2N2CN(c3cccc(Sc4ccc5c(c4)N(c4ccccn4)c4ccncc4-c4ccccc4-5)c3)c3ccccc32)cc1. The molecule has 6 heteroatoms. The van der Waals surface area contributed by atoms with E-state index in [1.807, 2.05) is 24.7 Å². The summed E-state index contributed by atoms with van der Waals surface area (Å²) < 4.78 is 0. The molecular formula is C61H53N5S. The molecule has 0 aliphatic carbocycles. The summed E-state index contributed by atoms with van der Waals surface area (Å²) >= 11 is 1.78. The fourth-order valence-electron chi connectivity index (χ4n) is 9.67. The van der Waals surface area contributed by atoms with Gasteiger partial charge in [-0.3, -0.25) is 9.88 Å². The van der Waals surface area contributed by atoms with E-state index in [4.69, 9.17) is 4.98 Å². The number of benzene rings is 7. The number of hydrogen-bond donors (Lipinski definition) is 0. The van der Waals surface area contributed by atoms with Crippen LogP contribution in [0.2, 0.25) is 0 Å². The van der Waals surface area contributed by atoms with Crippen molar-refractivity contribution in [3.8, 4) is 44.5 Å². The Labute approximate surface area is 399 Å². The molecule has 2 aliphatic heterocycles. The van der Waals surface area contributed by atoms with E-state index >= 15 is 0 Å². The average Bonchev–Trinajstić information content (AvgIpc) is 3.68. The maximum Gasteiger partial charge on any atom is 0.137 e. The Kier molecular flexibility index (Phi) is 10.6. The van der Waals surface area contributed by atoms with Crippen molar-refractivity contribution in [1.29, 1.82) is 0 Å². The molecule has 2 aliphatic rings. The lowest BCUT2D eigenvalue weighted by molar-refractivity contribution is 0.590. The van der Waals surface area contributed by atoms with Gasteiger partial charge in [0.15, 0.2) is 0 Å². The number of anilines is 7. The predicted octanol–water partition coefficient (Wildman–Crippen LogP) is 16.9. The van der Waals surface area contributed by atoms with Gasteiger partial charge in [0, 0.05) is 56.3 Å². The first-order valence-corrected chi connectivity index (χ1v) is 24.0. The molecule has 0 bridgehead atoms. The van der Waals surface area contributed by atoms with Crippen LogP contribution in [0.15, 0.2) is 210 Å². The third-order valence-corrected chi connectivity index (χ3v) is 14.2. The molecule has 0 radical (unpaired) electrons. The second-order valence-corrected chi connectivity index (χ2v) is 20.7. The minimum absolute atomic E-state index is 0.0644. The van der Waals surface area contributed by atoms with Crippen LogP contribution < -0.4 is 14.7 Å². The molecule has 0 unspecified atom stereocenters. The third kappa shape index (κ3) is 7.85. The molecule has 0 amide bonds. The quantitative estimate of drug-likeness (QED) is 0.159. The van der Waals surface area contributed by atoms with Crippen LogP contribution in [0.5, 0.6) is 0 Å². The summed E-state index contributed by atoms with van der Waals surface area (Å²) in [7, 11) is 0. The van der Waals surface area contributed by atoms with Crippen LogP contribution in [0.1, 0.15) is 52.7 Å². The first-order chi connectivity index (χ1) is 32.5. The topological polar surface area (TPSA) is 35.5 Å². The summed E-state index contributed by atoms with van der Waals surface area (Å²) in [6.07, 6.45) is 5.71. The second-order valence-electron chi connectivity index (χ2n) is 19.6. The van der Waals surface area contributed by atoms with Crippen LogP contribution in [0.4, 0.5) is 39.9 Å². The molecule has 0 saturated heterocycles. The van der Waals surface area contributed by atoms with Gasteiger partial charge in [0.05, 0.1) is 28.4 Å². The fourth-order valence-corrected chi connectivity index (χ4v) is 10.6. The Balaban J connectivity index is 0.982. The number of rotatable bonds is 7. The Hall–Kier alpha value is -7.41. The van der Waals surface area contributed by atoms with Crippen molar-refractivity contribution in [3.63, 3.8) is 0 Å². The largest absolute Gasteiger partial charge is 0.321 e. The first kappa shape index (κ1) is 42.2. The van der Waals surface area contributed by atoms with Crippen LogP contribution in [-0.2, 0) is 10.8 Å². The number of fused-ring (bicyclic) bond motifs is 6. The van der Waals surface area contributed by atoms with Crippen molar-refractivity contribution in [1.82, 2.24) is 9.97 Å². The summed E-state index contributed by atoms with van der Waals surface area (Å²) in [5, 5.41) is 0. The highest BCUT2D eigenvalue weighted by Gasteiger charge is 2.32. The number of pyridine rings is 2. The second kappa shape index (κ2) is 16.8. The summed E-state index contributed by atoms with van der Waals surface area (Å²) in [6.45, 7) is 14.3. The highest BCUT2D eigenvalue weighted by atomic mass is 32.2. The molecule has 0 saturated carbocycles. The molecule has 0 fully saturated rings. The zero-order valence-corrected chi connectivity index (χ0v) is 39.7. The lowest BCUT2D eigenvalue weighted by atomic mass is 9.85. The van der Waals surface area contributed by atoms with Crippen LogP contribution in [0, 0.1) is 0 Å². The average molecular weight is 888 g/mol. The van der Waals surface area contributed by atoms with Gasteiger partial charge < -0.3 is 9.80 Å². The van der Waals surface area contributed by atoms with Gasteiger partial charge in [0.2, 0.25) is 0 Å². The monoisotopic (exact) mass is 887 g/mol. The lowest BCUT2D eigenvalue weighted by Gasteiger charge is -2.28. The van der Waals surface area contributed by atoms with E-state index in [1.165, 1.54) is 56.0 Å². The normalized spacial score (nSPS) is 13.1. The fraction of sp³-hybridized carbons (Fsp3) is 0.148. The van der Waals surface area contributed by atoms with Crippen LogP contribution >= 0.6 is 11.8 Å². The molecule has 11 rings (SSSR count). The van der Waals surface area contributed by atoms with Crippen molar-refractivity contribution in [2.24, 2.45) is 0 Å². The first-order valence-electron chi connectivity index (χ1n) is 23.2. The van der Waals surface area contributed by atoms with Gasteiger partial charge in [-0.05, 0) is 105 Å². The standard InChI is InChI=1S/C61H53N5S/c1-60(2,3)43-28-24-41(25-29-43)48-19-14-20-49(42-26-30-44(31-27-42)61(4,5)6)59(48)65-40-64(55-21-9-10-22-56(55)65)45-15-13-16-46(37-45)67-47-32-33-52-50-17-7-8-18-51(50)53-39-62-36-34-54(53)66(57(52)38-47)58-23-11-12-35-63-58/h7-39H,40H2,1-6H3. The molecule has 67 heavy (non-hydrogen) atoms. The van der Waals surface area contributed by atoms with Crippen molar-refractivity contribution >= 4 is 51.7 Å². The molecule has 2 aromatic heterocycles. The molecule has 9 aromatic rings. The smallest absolute Gasteiger partial charge is 0.137 e. The minimum Gasteiger partial charge on any atom is -0.321 e.